The highest BCUT2D eigenvalue weighted by molar-refractivity contribution is 5.35. The second-order valence-corrected chi connectivity index (χ2v) is 5.85. The minimum absolute atomic E-state index is 0.163. The first-order valence-corrected chi connectivity index (χ1v) is 8.02. The molecule has 0 bridgehead atoms. The van der Waals surface area contributed by atoms with Crippen LogP contribution >= 0.6 is 0 Å². The number of halogens is 2. The average Bonchev–Trinajstić information content (AvgIpc) is 2.62. The fraction of sp³-hybridized carbons (Fsp3) is 0.389. The van der Waals surface area contributed by atoms with E-state index in [1.807, 2.05) is 6.07 Å². The normalized spacial score (nSPS) is 15.5. The Bertz CT molecular complexity index is 703. The van der Waals surface area contributed by atoms with Gasteiger partial charge in [0.05, 0.1) is 0 Å². The molecule has 128 valence electrons. The van der Waals surface area contributed by atoms with Crippen molar-refractivity contribution in [2.75, 3.05) is 13.2 Å². The van der Waals surface area contributed by atoms with Gasteiger partial charge in [0.2, 0.25) is 11.7 Å². The molecule has 0 unspecified atom stereocenters. The third kappa shape index (κ3) is 3.88. The van der Waals surface area contributed by atoms with E-state index in [4.69, 9.17) is 9.47 Å². The Balaban J connectivity index is 1.73. The summed E-state index contributed by atoms with van der Waals surface area (Å²) >= 11 is 0. The van der Waals surface area contributed by atoms with Gasteiger partial charge in [-0.3, -0.25) is 0 Å². The number of rotatable bonds is 5. The van der Waals surface area contributed by atoms with E-state index in [0.29, 0.717) is 12.6 Å². The molecule has 1 aliphatic heterocycles. The quantitative estimate of drug-likeness (QED) is 0.905. The second-order valence-electron chi connectivity index (χ2n) is 5.85. The summed E-state index contributed by atoms with van der Waals surface area (Å²) in [6.45, 7) is 3.56. The summed E-state index contributed by atoms with van der Waals surface area (Å²) in [6, 6.07) is 6.92. The van der Waals surface area contributed by atoms with Crippen molar-refractivity contribution in [3.63, 3.8) is 0 Å². The zero-order valence-corrected chi connectivity index (χ0v) is 13.5. The third-order valence-electron chi connectivity index (χ3n) is 4.10. The zero-order valence-electron chi connectivity index (χ0n) is 13.5. The molecule has 1 aromatic carbocycles. The van der Waals surface area contributed by atoms with E-state index in [-0.39, 0.29) is 17.2 Å². The smallest absolute Gasteiger partial charge is 0.223 e. The van der Waals surface area contributed by atoms with Gasteiger partial charge in [0, 0.05) is 37.6 Å². The fourth-order valence-corrected chi connectivity index (χ4v) is 2.62. The van der Waals surface area contributed by atoms with Gasteiger partial charge in [0.25, 0.3) is 0 Å². The summed E-state index contributed by atoms with van der Waals surface area (Å²) in [5.41, 5.74) is 1.03. The summed E-state index contributed by atoms with van der Waals surface area (Å²) in [4.78, 5) is 4.15. The molecule has 1 fully saturated rings. The molecule has 0 saturated carbocycles. The number of hydrogen-bond donors (Lipinski definition) is 1. The maximum Gasteiger partial charge on any atom is 0.223 e. The van der Waals surface area contributed by atoms with Crippen LogP contribution in [0.2, 0.25) is 0 Å². The van der Waals surface area contributed by atoms with Crippen molar-refractivity contribution in [1.82, 2.24) is 10.3 Å². The molecule has 4 nitrogen and oxygen atoms in total. The Hall–Kier alpha value is -2.05. The number of pyridine rings is 1. The van der Waals surface area contributed by atoms with E-state index in [1.54, 1.807) is 12.3 Å². The monoisotopic (exact) mass is 334 g/mol. The molecule has 0 amide bonds. The van der Waals surface area contributed by atoms with Crippen LogP contribution in [0.15, 0.2) is 30.5 Å². The molecular formula is C18H20F2N2O2. The van der Waals surface area contributed by atoms with Gasteiger partial charge in [0.1, 0.15) is 0 Å². The highest BCUT2D eigenvalue weighted by atomic mass is 19.2. The summed E-state index contributed by atoms with van der Waals surface area (Å²) in [6.07, 6.45) is 3.47. The van der Waals surface area contributed by atoms with Crippen molar-refractivity contribution >= 4 is 0 Å². The molecule has 3 rings (SSSR count). The lowest BCUT2D eigenvalue weighted by atomic mass is 10.1. The topological polar surface area (TPSA) is 43.4 Å². The Morgan fingerprint density at radius 2 is 2.00 bits per heavy atom. The number of nitrogens with zero attached hydrogens (tertiary/aromatic N) is 1. The van der Waals surface area contributed by atoms with Crippen LogP contribution in [0, 0.1) is 18.6 Å². The van der Waals surface area contributed by atoms with Gasteiger partial charge in [-0.2, -0.15) is 4.39 Å². The van der Waals surface area contributed by atoms with E-state index in [0.717, 1.165) is 31.6 Å². The van der Waals surface area contributed by atoms with Crippen LogP contribution in [-0.4, -0.2) is 24.2 Å². The lowest BCUT2D eigenvalue weighted by Gasteiger charge is -2.23. The summed E-state index contributed by atoms with van der Waals surface area (Å²) in [5, 5.41) is 3.43. The Morgan fingerprint density at radius 1 is 1.21 bits per heavy atom. The number of aryl methyl sites for hydroxylation is 1. The van der Waals surface area contributed by atoms with Crippen LogP contribution in [0.3, 0.4) is 0 Å². The highest BCUT2D eigenvalue weighted by Gasteiger charge is 2.17. The molecule has 1 saturated heterocycles. The van der Waals surface area contributed by atoms with Gasteiger partial charge in [-0.1, -0.05) is 12.1 Å². The van der Waals surface area contributed by atoms with Crippen molar-refractivity contribution < 1.29 is 18.3 Å². The van der Waals surface area contributed by atoms with Gasteiger partial charge >= 0.3 is 0 Å². The van der Waals surface area contributed by atoms with Crippen LogP contribution in [0.25, 0.3) is 0 Å². The predicted octanol–water partition coefficient (Wildman–Crippen LogP) is 3.73. The Morgan fingerprint density at radius 3 is 2.79 bits per heavy atom. The number of nitrogens with one attached hydrogen (secondary N) is 1. The lowest BCUT2D eigenvalue weighted by molar-refractivity contribution is 0.0775. The van der Waals surface area contributed by atoms with Crippen LogP contribution in [0.4, 0.5) is 8.78 Å². The van der Waals surface area contributed by atoms with E-state index >= 15 is 0 Å². The molecule has 0 atom stereocenters. The van der Waals surface area contributed by atoms with Gasteiger partial charge in [-0.05, 0) is 37.5 Å². The summed E-state index contributed by atoms with van der Waals surface area (Å²) in [5.74, 6) is -1.78. The summed E-state index contributed by atoms with van der Waals surface area (Å²) < 4.78 is 38.5. The molecule has 6 heteroatoms. The second kappa shape index (κ2) is 7.68. The van der Waals surface area contributed by atoms with Gasteiger partial charge < -0.3 is 14.8 Å². The molecular weight excluding hydrogens is 314 g/mol. The largest absolute Gasteiger partial charge is 0.435 e. The Labute approximate surface area is 139 Å². The van der Waals surface area contributed by atoms with E-state index in [2.05, 4.69) is 10.3 Å². The SMILES string of the molecule is Cc1ccc(Oc2ncccc2CNC2CCOCC2)c(F)c1F. The first-order chi connectivity index (χ1) is 11.6. The van der Waals surface area contributed by atoms with Crippen molar-refractivity contribution in [3.05, 3.63) is 53.2 Å². The van der Waals surface area contributed by atoms with Crippen molar-refractivity contribution in [2.45, 2.75) is 32.4 Å². The molecule has 1 aromatic heterocycles. The van der Waals surface area contributed by atoms with Crippen LogP contribution in [-0.2, 0) is 11.3 Å². The fourth-order valence-electron chi connectivity index (χ4n) is 2.62. The first-order valence-electron chi connectivity index (χ1n) is 8.02. The average molecular weight is 334 g/mol. The number of ether oxygens (including phenoxy) is 2. The maximum absolute atomic E-state index is 14.0. The number of hydrogen-bond acceptors (Lipinski definition) is 4. The minimum atomic E-state index is -0.996. The van der Waals surface area contributed by atoms with Crippen LogP contribution < -0.4 is 10.1 Å². The standard InChI is InChI=1S/C18H20F2N2O2/c1-12-4-5-15(17(20)16(12)19)24-18-13(3-2-8-21-18)11-22-14-6-9-23-10-7-14/h2-5,8,14,22H,6-7,9-11H2,1H3. The molecule has 2 aromatic rings. The highest BCUT2D eigenvalue weighted by Crippen LogP contribution is 2.28. The van der Waals surface area contributed by atoms with E-state index < -0.39 is 11.6 Å². The number of aromatic nitrogens is 1. The predicted molar refractivity (Wildman–Crippen MR) is 86.1 cm³/mol. The minimum Gasteiger partial charge on any atom is -0.435 e. The van der Waals surface area contributed by atoms with E-state index in [9.17, 15) is 8.78 Å². The molecule has 0 radical (unpaired) electrons. The Kier molecular flexibility index (Phi) is 5.37. The third-order valence-corrected chi connectivity index (χ3v) is 4.10. The van der Waals surface area contributed by atoms with Crippen LogP contribution in [0.1, 0.15) is 24.0 Å². The molecule has 1 aliphatic rings. The van der Waals surface area contributed by atoms with Gasteiger partial charge in [-0.15, -0.1) is 0 Å². The first kappa shape index (κ1) is 16.8. The van der Waals surface area contributed by atoms with Crippen molar-refractivity contribution in [3.8, 4) is 11.6 Å². The molecule has 24 heavy (non-hydrogen) atoms. The van der Waals surface area contributed by atoms with Crippen molar-refractivity contribution in [1.29, 1.82) is 0 Å². The van der Waals surface area contributed by atoms with Gasteiger partial charge in [0.15, 0.2) is 11.6 Å². The van der Waals surface area contributed by atoms with Crippen LogP contribution in [0.5, 0.6) is 11.6 Å². The number of benzene rings is 1. The molecule has 0 aliphatic carbocycles. The lowest BCUT2D eigenvalue weighted by Crippen LogP contribution is -2.34. The maximum atomic E-state index is 14.0. The molecule has 1 N–H and O–H groups in total. The summed E-state index contributed by atoms with van der Waals surface area (Å²) in [7, 11) is 0. The van der Waals surface area contributed by atoms with Gasteiger partial charge in [-0.25, -0.2) is 9.37 Å². The van der Waals surface area contributed by atoms with E-state index in [1.165, 1.54) is 19.1 Å². The molecule has 2 heterocycles. The molecule has 0 spiro atoms. The van der Waals surface area contributed by atoms with Crippen molar-refractivity contribution in [2.24, 2.45) is 0 Å². The zero-order chi connectivity index (χ0) is 16.9.